The molecule has 0 saturated heterocycles. The van der Waals surface area contributed by atoms with Crippen molar-refractivity contribution in [2.75, 3.05) is 7.05 Å². The van der Waals surface area contributed by atoms with E-state index in [-0.39, 0.29) is 5.82 Å². The highest BCUT2D eigenvalue weighted by atomic mass is 32.1. The zero-order chi connectivity index (χ0) is 13.1. The van der Waals surface area contributed by atoms with E-state index < -0.39 is 0 Å². The summed E-state index contributed by atoms with van der Waals surface area (Å²) in [6, 6.07) is 5.30. The Kier molecular flexibility index (Phi) is 4.09. The molecule has 1 N–H and O–H groups in total. The van der Waals surface area contributed by atoms with Crippen LogP contribution in [-0.2, 0) is 13.0 Å². The molecule has 0 amide bonds. The molecular weight excluding hydrogens is 247 g/mol. The second-order valence-corrected chi connectivity index (χ2v) is 5.32. The van der Waals surface area contributed by atoms with Crippen LogP contribution in [0.4, 0.5) is 4.39 Å². The number of aromatic nitrogens is 1. The van der Waals surface area contributed by atoms with Gasteiger partial charge < -0.3 is 5.32 Å². The van der Waals surface area contributed by atoms with Gasteiger partial charge in [0.15, 0.2) is 0 Å². The van der Waals surface area contributed by atoms with Gasteiger partial charge >= 0.3 is 0 Å². The summed E-state index contributed by atoms with van der Waals surface area (Å²) in [6.07, 6.45) is 0.905. The van der Waals surface area contributed by atoms with Crippen molar-refractivity contribution >= 4 is 11.3 Å². The SMILES string of the molecule is CCc1nc(-c2ccc(C)c(F)c2)sc1CNC. The number of nitrogens with one attached hydrogen (secondary N) is 1. The summed E-state index contributed by atoms with van der Waals surface area (Å²) < 4.78 is 13.6. The van der Waals surface area contributed by atoms with Crippen LogP contribution in [0.2, 0.25) is 0 Å². The fourth-order valence-electron chi connectivity index (χ4n) is 1.81. The second-order valence-electron chi connectivity index (χ2n) is 4.24. The van der Waals surface area contributed by atoms with Crippen molar-refractivity contribution < 1.29 is 4.39 Å². The van der Waals surface area contributed by atoms with Crippen LogP contribution in [0.15, 0.2) is 18.2 Å². The van der Waals surface area contributed by atoms with Gasteiger partial charge in [-0.05, 0) is 32.0 Å². The van der Waals surface area contributed by atoms with E-state index >= 15 is 0 Å². The molecule has 0 bridgehead atoms. The van der Waals surface area contributed by atoms with Gasteiger partial charge in [0, 0.05) is 17.0 Å². The number of halogens is 1. The van der Waals surface area contributed by atoms with Gasteiger partial charge in [-0.3, -0.25) is 0 Å². The number of benzene rings is 1. The molecule has 0 unspecified atom stereocenters. The first-order valence-corrected chi connectivity index (χ1v) is 6.87. The quantitative estimate of drug-likeness (QED) is 0.913. The molecule has 2 aromatic rings. The molecule has 0 fully saturated rings. The van der Waals surface area contributed by atoms with Crippen LogP contribution in [0.25, 0.3) is 10.6 Å². The molecule has 96 valence electrons. The Balaban J connectivity index is 2.40. The van der Waals surface area contributed by atoms with Gasteiger partial charge in [0.05, 0.1) is 5.69 Å². The lowest BCUT2D eigenvalue weighted by Crippen LogP contribution is -2.05. The average Bonchev–Trinajstić information content (AvgIpc) is 2.76. The lowest BCUT2D eigenvalue weighted by Gasteiger charge is -1.99. The van der Waals surface area contributed by atoms with E-state index in [4.69, 9.17) is 0 Å². The molecule has 0 atom stereocenters. The van der Waals surface area contributed by atoms with Gasteiger partial charge in [0.2, 0.25) is 0 Å². The maximum Gasteiger partial charge on any atom is 0.126 e. The minimum absolute atomic E-state index is 0.170. The molecule has 0 spiro atoms. The van der Waals surface area contributed by atoms with Crippen molar-refractivity contribution in [3.8, 4) is 10.6 Å². The third-order valence-corrected chi connectivity index (χ3v) is 4.02. The fraction of sp³-hybridized carbons (Fsp3) is 0.357. The molecule has 0 aliphatic rings. The molecule has 1 heterocycles. The Hall–Kier alpha value is -1.26. The van der Waals surface area contributed by atoms with Crippen LogP contribution >= 0.6 is 11.3 Å². The summed E-state index contributed by atoms with van der Waals surface area (Å²) in [5.41, 5.74) is 2.63. The van der Waals surface area contributed by atoms with Crippen molar-refractivity contribution in [2.45, 2.75) is 26.8 Å². The highest BCUT2D eigenvalue weighted by molar-refractivity contribution is 7.15. The molecule has 2 rings (SSSR count). The van der Waals surface area contributed by atoms with E-state index in [2.05, 4.69) is 17.2 Å². The van der Waals surface area contributed by atoms with Crippen LogP contribution < -0.4 is 5.32 Å². The summed E-state index contributed by atoms with van der Waals surface area (Å²) in [7, 11) is 1.92. The zero-order valence-electron chi connectivity index (χ0n) is 10.9. The summed E-state index contributed by atoms with van der Waals surface area (Å²) in [5.74, 6) is -0.170. The van der Waals surface area contributed by atoms with Crippen molar-refractivity contribution in [1.29, 1.82) is 0 Å². The number of hydrogen-bond acceptors (Lipinski definition) is 3. The van der Waals surface area contributed by atoms with Gasteiger partial charge in [-0.15, -0.1) is 11.3 Å². The lowest BCUT2D eigenvalue weighted by molar-refractivity contribution is 0.619. The van der Waals surface area contributed by atoms with E-state index in [0.29, 0.717) is 5.56 Å². The molecule has 4 heteroatoms. The summed E-state index contributed by atoms with van der Waals surface area (Å²) >= 11 is 1.64. The van der Waals surface area contributed by atoms with E-state index in [9.17, 15) is 4.39 Å². The first-order chi connectivity index (χ1) is 8.65. The number of rotatable bonds is 4. The number of aryl methyl sites for hydroxylation is 2. The predicted octanol–water partition coefficient (Wildman–Crippen LogP) is 3.54. The fourth-order valence-corrected chi connectivity index (χ4v) is 2.97. The Labute approximate surface area is 111 Å². The Bertz CT molecular complexity index is 549. The van der Waals surface area contributed by atoms with Crippen molar-refractivity contribution in [1.82, 2.24) is 10.3 Å². The molecule has 0 radical (unpaired) electrons. The van der Waals surface area contributed by atoms with Crippen molar-refractivity contribution in [3.63, 3.8) is 0 Å². The van der Waals surface area contributed by atoms with Gasteiger partial charge in [-0.1, -0.05) is 19.1 Å². The first-order valence-electron chi connectivity index (χ1n) is 6.05. The minimum atomic E-state index is -0.170. The average molecular weight is 264 g/mol. The van der Waals surface area contributed by atoms with E-state index in [1.165, 1.54) is 4.88 Å². The Morgan fingerprint density at radius 2 is 2.17 bits per heavy atom. The maximum absolute atomic E-state index is 13.6. The van der Waals surface area contributed by atoms with E-state index in [1.54, 1.807) is 30.4 Å². The van der Waals surface area contributed by atoms with E-state index in [0.717, 1.165) is 29.2 Å². The minimum Gasteiger partial charge on any atom is -0.315 e. The molecule has 2 nitrogen and oxygen atoms in total. The number of nitrogens with zero attached hydrogens (tertiary/aromatic N) is 1. The topological polar surface area (TPSA) is 24.9 Å². The summed E-state index contributed by atoms with van der Waals surface area (Å²) in [6.45, 7) is 4.67. The lowest BCUT2D eigenvalue weighted by atomic mass is 10.1. The van der Waals surface area contributed by atoms with Crippen LogP contribution in [0, 0.1) is 12.7 Å². The highest BCUT2D eigenvalue weighted by Crippen LogP contribution is 2.29. The van der Waals surface area contributed by atoms with Crippen molar-refractivity contribution in [2.24, 2.45) is 0 Å². The Morgan fingerprint density at radius 3 is 2.78 bits per heavy atom. The summed E-state index contributed by atoms with van der Waals surface area (Å²) in [5, 5.41) is 4.04. The molecule has 0 aliphatic heterocycles. The third-order valence-electron chi connectivity index (χ3n) is 2.87. The molecule has 1 aromatic carbocycles. The molecular formula is C14H17FN2S. The van der Waals surface area contributed by atoms with E-state index in [1.807, 2.05) is 13.1 Å². The standard InChI is InChI=1S/C14H17FN2S/c1-4-12-13(8-16-3)18-14(17-12)10-6-5-9(2)11(15)7-10/h5-7,16H,4,8H2,1-3H3. The van der Waals surface area contributed by atoms with Gasteiger partial charge in [0.25, 0.3) is 0 Å². The van der Waals surface area contributed by atoms with Crippen LogP contribution in [0.1, 0.15) is 23.1 Å². The largest absolute Gasteiger partial charge is 0.315 e. The molecule has 18 heavy (non-hydrogen) atoms. The first kappa shape index (κ1) is 13.2. The predicted molar refractivity (Wildman–Crippen MR) is 74.4 cm³/mol. The highest BCUT2D eigenvalue weighted by Gasteiger charge is 2.11. The second kappa shape index (κ2) is 5.59. The van der Waals surface area contributed by atoms with Crippen LogP contribution in [-0.4, -0.2) is 12.0 Å². The van der Waals surface area contributed by atoms with Crippen LogP contribution in [0.3, 0.4) is 0 Å². The van der Waals surface area contributed by atoms with Crippen molar-refractivity contribution in [3.05, 3.63) is 40.2 Å². The van der Waals surface area contributed by atoms with Gasteiger partial charge in [0.1, 0.15) is 10.8 Å². The normalized spacial score (nSPS) is 10.9. The number of hydrogen-bond donors (Lipinski definition) is 1. The number of thiazole rings is 1. The van der Waals surface area contributed by atoms with Gasteiger partial charge in [-0.2, -0.15) is 0 Å². The van der Waals surface area contributed by atoms with Crippen LogP contribution in [0.5, 0.6) is 0 Å². The maximum atomic E-state index is 13.6. The molecule has 1 aromatic heterocycles. The Morgan fingerprint density at radius 1 is 1.39 bits per heavy atom. The molecule has 0 aliphatic carbocycles. The third kappa shape index (κ3) is 2.60. The zero-order valence-corrected chi connectivity index (χ0v) is 11.7. The smallest absolute Gasteiger partial charge is 0.126 e. The monoisotopic (exact) mass is 264 g/mol. The molecule has 0 saturated carbocycles. The van der Waals surface area contributed by atoms with Gasteiger partial charge in [-0.25, -0.2) is 9.37 Å². The summed E-state index contributed by atoms with van der Waals surface area (Å²) in [4.78, 5) is 5.83.